The summed E-state index contributed by atoms with van der Waals surface area (Å²) in [6.45, 7) is 2.32. The molecule has 6 nitrogen and oxygen atoms in total. The number of sulfonamides is 1. The maximum absolute atomic E-state index is 12.7. The van der Waals surface area contributed by atoms with Crippen molar-refractivity contribution in [2.45, 2.75) is 11.0 Å². The van der Waals surface area contributed by atoms with Crippen molar-refractivity contribution in [3.05, 3.63) is 58.6 Å². The van der Waals surface area contributed by atoms with Crippen LogP contribution in [0.5, 0.6) is 5.75 Å². The molecule has 9 heteroatoms. The molecule has 1 aliphatic heterocycles. The highest BCUT2D eigenvalue weighted by Gasteiger charge is 2.29. The Morgan fingerprint density at radius 2 is 1.64 bits per heavy atom. The molecule has 1 heterocycles. The fraction of sp³-hybridized carbons (Fsp3) is 0.368. The highest BCUT2D eigenvalue weighted by Crippen LogP contribution is 2.23. The van der Waals surface area contributed by atoms with E-state index in [0.717, 1.165) is 0 Å². The Hall–Kier alpha value is -1.35. The molecule has 0 amide bonds. The van der Waals surface area contributed by atoms with Crippen LogP contribution in [0.1, 0.15) is 0 Å². The van der Waals surface area contributed by atoms with Gasteiger partial charge in [-0.1, -0.05) is 35.3 Å². The zero-order valence-electron chi connectivity index (χ0n) is 15.2. The normalized spacial score (nSPS) is 17.4. The average molecular weight is 445 g/mol. The Bertz CT molecular complexity index is 885. The third-order valence-corrected chi connectivity index (χ3v) is 7.00. The molecule has 1 saturated heterocycles. The van der Waals surface area contributed by atoms with Crippen molar-refractivity contribution in [2.75, 3.05) is 39.3 Å². The largest absolute Gasteiger partial charge is 0.489 e. The zero-order valence-corrected chi connectivity index (χ0v) is 17.5. The van der Waals surface area contributed by atoms with Gasteiger partial charge in [0.15, 0.2) is 0 Å². The lowest BCUT2D eigenvalue weighted by atomic mass is 10.3. The fourth-order valence-electron chi connectivity index (χ4n) is 3.01. The number of rotatable bonds is 7. The first-order valence-electron chi connectivity index (χ1n) is 8.90. The van der Waals surface area contributed by atoms with Gasteiger partial charge in [-0.3, -0.25) is 4.90 Å². The van der Waals surface area contributed by atoms with Crippen molar-refractivity contribution in [1.29, 1.82) is 0 Å². The molecule has 0 saturated carbocycles. The van der Waals surface area contributed by atoms with Crippen LogP contribution in [0, 0.1) is 0 Å². The summed E-state index contributed by atoms with van der Waals surface area (Å²) in [7, 11) is -3.54. The number of halogens is 2. The molecule has 0 radical (unpaired) electrons. The summed E-state index contributed by atoms with van der Waals surface area (Å²) in [5, 5.41) is 11.2. The molecular weight excluding hydrogens is 423 g/mol. The van der Waals surface area contributed by atoms with E-state index in [9.17, 15) is 13.5 Å². The minimum Gasteiger partial charge on any atom is -0.489 e. The highest BCUT2D eigenvalue weighted by molar-refractivity contribution is 7.89. The molecule has 152 valence electrons. The van der Waals surface area contributed by atoms with Gasteiger partial charge in [0.1, 0.15) is 18.5 Å². The van der Waals surface area contributed by atoms with Gasteiger partial charge in [-0.2, -0.15) is 4.31 Å². The van der Waals surface area contributed by atoms with Gasteiger partial charge in [0.25, 0.3) is 0 Å². The molecule has 2 aromatic rings. The SMILES string of the molecule is O=S(=O)(c1ccc(Cl)cc1)N1CCN(CC(O)COc2ccccc2Cl)CC1. The van der Waals surface area contributed by atoms with Gasteiger partial charge >= 0.3 is 0 Å². The average Bonchev–Trinajstić information content (AvgIpc) is 2.68. The molecule has 28 heavy (non-hydrogen) atoms. The maximum Gasteiger partial charge on any atom is 0.243 e. The van der Waals surface area contributed by atoms with Gasteiger partial charge in [-0.15, -0.1) is 0 Å². The second-order valence-electron chi connectivity index (χ2n) is 6.55. The predicted octanol–water partition coefficient (Wildman–Crippen LogP) is 2.74. The van der Waals surface area contributed by atoms with Gasteiger partial charge in [0, 0.05) is 37.7 Å². The fourth-order valence-corrected chi connectivity index (χ4v) is 4.75. The van der Waals surface area contributed by atoms with Gasteiger partial charge in [-0.05, 0) is 36.4 Å². The Balaban J connectivity index is 1.48. The van der Waals surface area contributed by atoms with Gasteiger partial charge < -0.3 is 9.84 Å². The van der Waals surface area contributed by atoms with Gasteiger partial charge in [0.2, 0.25) is 10.0 Å². The van der Waals surface area contributed by atoms with E-state index in [1.807, 2.05) is 17.0 Å². The summed E-state index contributed by atoms with van der Waals surface area (Å²) in [5.74, 6) is 0.530. The molecule has 2 aromatic carbocycles. The van der Waals surface area contributed by atoms with Crippen LogP contribution in [0.2, 0.25) is 10.0 Å². The van der Waals surface area contributed by atoms with Crippen LogP contribution in [0.3, 0.4) is 0 Å². The summed E-state index contributed by atoms with van der Waals surface area (Å²) in [6.07, 6.45) is -0.698. The predicted molar refractivity (Wildman–Crippen MR) is 110 cm³/mol. The maximum atomic E-state index is 12.7. The molecule has 0 spiro atoms. The monoisotopic (exact) mass is 444 g/mol. The molecule has 0 aliphatic carbocycles. The van der Waals surface area contributed by atoms with Crippen LogP contribution < -0.4 is 4.74 Å². The van der Waals surface area contributed by atoms with Crippen LogP contribution in [0.15, 0.2) is 53.4 Å². The first-order chi connectivity index (χ1) is 13.4. The number of para-hydroxylation sites is 1. The number of aliphatic hydroxyl groups excluding tert-OH is 1. The van der Waals surface area contributed by atoms with E-state index in [0.29, 0.717) is 48.5 Å². The number of hydrogen-bond donors (Lipinski definition) is 1. The van der Waals surface area contributed by atoms with Crippen LogP contribution in [-0.2, 0) is 10.0 Å². The lowest BCUT2D eigenvalue weighted by Crippen LogP contribution is -2.50. The quantitative estimate of drug-likeness (QED) is 0.710. The second kappa shape index (κ2) is 9.43. The number of nitrogens with zero attached hydrogens (tertiary/aromatic N) is 2. The Morgan fingerprint density at radius 1 is 1.00 bits per heavy atom. The van der Waals surface area contributed by atoms with E-state index >= 15 is 0 Å². The zero-order chi connectivity index (χ0) is 20.1. The van der Waals surface area contributed by atoms with Crippen LogP contribution in [-0.4, -0.2) is 68.2 Å². The minimum atomic E-state index is -3.54. The standard InChI is InChI=1S/C19H22Cl2N2O4S/c20-15-5-7-17(8-6-15)28(25,26)23-11-9-22(10-12-23)13-16(24)14-27-19-4-2-1-3-18(19)21/h1-8,16,24H,9-14H2. The van der Waals surface area contributed by atoms with E-state index in [1.165, 1.54) is 16.4 Å². The molecular formula is C19H22Cl2N2O4S. The van der Waals surface area contributed by atoms with Crippen molar-refractivity contribution in [3.8, 4) is 5.75 Å². The third-order valence-electron chi connectivity index (χ3n) is 4.52. The number of aliphatic hydroxyl groups is 1. The number of β-amino-alcohol motifs (C(OH)–C–C–N with tert-alkyl or cyclic N) is 1. The lowest BCUT2D eigenvalue weighted by Gasteiger charge is -2.34. The van der Waals surface area contributed by atoms with Gasteiger partial charge in [-0.25, -0.2) is 8.42 Å². The van der Waals surface area contributed by atoms with Crippen LogP contribution in [0.4, 0.5) is 0 Å². The van der Waals surface area contributed by atoms with E-state index < -0.39 is 16.1 Å². The summed E-state index contributed by atoms with van der Waals surface area (Å²) in [6, 6.07) is 13.3. The summed E-state index contributed by atoms with van der Waals surface area (Å²) < 4.78 is 32.4. The van der Waals surface area contributed by atoms with Crippen LogP contribution in [0.25, 0.3) is 0 Å². The molecule has 1 fully saturated rings. The molecule has 0 aromatic heterocycles. The van der Waals surface area contributed by atoms with Crippen molar-refractivity contribution in [1.82, 2.24) is 9.21 Å². The summed E-state index contributed by atoms with van der Waals surface area (Å²) in [5.41, 5.74) is 0. The summed E-state index contributed by atoms with van der Waals surface area (Å²) >= 11 is 11.9. The first kappa shape index (κ1) is 21.4. The van der Waals surface area contributed by atoms with Crippen molar-refractivity contribution < 1.29 is 18.3 Å². The van der Waals surface area contributed by atoms with Crippen molar-refractivity contribution in [2.24, 2.45) is 0 Å². The lowest BCUT2D eigenvalue weighted by molar-refractivity contribution is 0.0569. The smallest absolute Gasteiger partial charge is 0.243 e. The molecule has 1 atom stereocenters. The molecule has 3 rings (SSSR count). The van der Waals surface area contributed by atoms with Crippen LogP contribution >= 0.6 is 23.2 Å². The molecule has 1 N–H and O–H groups in total. The molecule has 0 bridgehead atoms. The second-order valence-corrected chi connectivity index (χ2v) is 9.34. The Labute approximate surface area is 175 Å². The number of piperazine rings is 1. The van der Waals surface area contributed by atoms with E-state index in [2.05, 4.69) is 0 Å². The minimum absolute atomic E-state index is 0.118. The summed E-state index contributed by atoms with van der Waals surface area (Å²) in [4.78, 5) is 2.26. The van der Waals surface area contributed by atoms with Crippen molar-refractivity contribution in [3.63, 3.8) is 0 Å². The van der Waals surface area contributed by atoms with E-state index in [1.54, 1.807) is 24.3 Å². The Kier molecular flexibility index (Phi) is 7.20. The molecule has 1 aliphatic rings. The highest BCUT2D eigenvalue weighted by atomic mass is 35.5. The van der Waals surface area contributed by atoms with E-state index in [-0.39, 0.29) is 11.5 Å². The number of ether oxygens (including phenoxy) is 1. The van der Waals surface area contributed by atoms with E-state index in [4.69, 9.17) is 27.9 Å². The topological polar surface area (TPSA) is 70.1 Å². The third kappa shape index (κ3) is 5.37. The molecule has 1 unspecified atom stereocenters. The van der Waals surface area contributed by atoms with Gasteiger partial charge in [0.05, 0.1) is 9.92 Å². The Morgan fingerprint density at radius 3 is 2.29 bits per heavy atom. The van der Waals surface area contributed by atoms with Crippen molar-refractivity contribution >= 4 is 33.2 Å². The number of hydrogen-bond acceptors (Lipinski definition) is 5. The first-order valence-corrected chi connectivity index (χ1v) is 11.1. The number of benzene rings is 2.